The highest BCUT2D eigenvalue weighted by Gasteiger charge is 2.17. The summed E-state index contributed by atoms with van der Waals surface area (Å²) in [6, 6.07) is 14.8. The lowest BCUT2D eigenvalue weighted by Crippen LogP contribution is -1.93. The van der Waals surface area contributed by atoms with E-state index in [0.717, 1.165) is 28.6 Å². The number of rotatable bonds is 4. The fraction of sp³-hybridized carbons (Fsp3) is 0.0455. The summed E-state index contributed by atoms with van der Waals surface area (Å²) in [6.07, 6.45) is 4.18. The lowest BCUT2D eigenvalue weighted by Gasteiger charge is -2.07. The third-order valence-electron chi connectivity index (χ3n) is 4.90. The molecule has 0 spiro atoms. The molecule has 0 aliphatic rings. The van der Waals surface area contributed by atoms with Gasteiger partial charge >= 0.3 is 0 Å². The van der Waals surface area contributed by atoms with Crippen molar-refractivity contribution in [1.29, 1.82) is 0 Å². The Morgan fingerprint density at radius 1 is 0.968 bits per heavy atom. The van der Waals surface area contributed by atoms with Gasteiger partial charge in [0.15, 0.2) is 5.76 Å². The summed E-state index contributed by atoms with van der Waals surface area (Å²) >= 11 is 0. The van der Waals surface area contributed by atoms with E-state index in [2.05, 4.69) is 20.2 Å². The smallest absolute Gasteiger partial charge is 0.218 e. The second kappa shape index (κ2) is 7.13. The highest BCUT2D eigenvalue weighted by molar-refractivity contribution is 7.90. The van der Waals surface area contributed by atoms with Gasteiger partial charge in [-0.25, -0.2) is 22.8 Å². The molecule has 0 saturated carbocycles. The Morgan fingerprint density at radius 2 is 1.74 bits per heavy atom. The molecule has 0 bridgehead atoms. The summed E-state index contributed by atoms with van der Waals surface area (Å²) in [6.45, 7) is 0. The van der Waals surface area contributed by atoms with Crippen molar-refractivity contribution in [3.05, 3.63) is 72.9 Å². The molecule has 3 aromatic heterocycles. The quantitative estimate of drug-likeness (QED) is 0.447. The molecule has 9 heteroatoms. The van der Waals surface area contributed by atoms with Crippen molar-refractivity contribution in [1.82, 2.24) is 20.2 Å². The number of aromatic nitrogens is 4. The predicted molar refractivity (Wildman–Crippen MR) is 113 cm³/mol. The van der Waals surface area contributed by atoms with E-state index in [9.17, 15) is 12.8 Å². The number of aromatic amines is 1. The van der Waals surface area contributed by atoms with E-state index in [1.54, 1.807) is 24.4 Å². The van der Waals surface area contributed by atoms with Crippen LogP contribution in [0.5, 0.6) is 0 Å². The molecule has 2 aromatic carbocycles. The summed E-state index contributed by atoms with van der Waals surface area (Å²) in [7, 11) is -3.48. The van der Waals surface area contributed by atoms with Crippen LogP contribution in [0.2, 0.25) is 0 Å². The minimum atomic E-state index is -3.48. The molecule has 0 aliphatic heterocycles. The van der Waals surface area contributed by atoms with Gasteiger partial charge in [-0.1, -0.05) is 6.07 Å². The number of fused-ring (bicyclic) bond motifs is 1. The summed E-state index contributed by atoms with van der Waals surface area (Å²) in [5, 5.41) is 7.69. The van der Waals surface area contributed by atoms with E-state index in [-0.39, 0.29) is 10.9 Å². The third-order valence-corrected chi connectivity index (χ3v) is 5.85. The first-order valence-electron chi connectivity index (χ1n) is 9.25. The molecule has 5 aromatic rings. The van der Waals surface area contributed by atoms with Gasteiger partial charge in [-0.2, -0.15) is 5.10 Å². The molecule has 3 heterocycles. The Balaban J connectivity index is 1.65. The van der Waals surface area contributed by atoms with Crippen molar-refractivity contribution < 1.29 is 17.2 Å². The number of sulfone groups is 1. The lowest BCUT2D eigenvalue weighted by molar-refractivity contribution is 0.462. The first-order valence-corrected chi connectivity index (χ1v) is 11.1. The van der Waals surface area contributed by atoms with Crippen molar-refractivity contribution in [2.24, 2.45) is 0 Å². The van der Waals surface area contributed by atoms with Crippen molar-refractivity contribution in [2.75, 3.05) is 6.26 Å². The SMILES string of the molecule is CS(=O)(=O)c1ccc(-c2ncnc3ccc(-c4cn[nH]c4-c4ccc(F)cc4)cc23)o1. The highest BCUT2D eigenvalue weighted by atomic mass is 32.2. The van der Waals surface area contributed by atoms with Gasteiger partial charge in [-0.05, 0) is 54.1 Å². The number of hydrogen-bond acceptors (Lipinski definition) is 6. The van der Waals surface area contributed by atoms with Gasteiger partial charge in [0, 0.05) is 22.8 Å². The topological polar surface area (TPSA) is 102 Å². The second-order valence-corrected chi connectivity index (χ2v) is 8.96. The van der Waals surface area contributed by atoms with Crippen LogP contribution in [0.25, 0.3) is 44.7 Å². The zero-order valence-corrected chi connectivity index (χ0v) is 17.0. The minimum absolute atomic E-state index is 0.126. The molecule has 154 valence electrons. The molecule has 0 atom stereocenters. The third kappa shape index (κ3) is 3.49. The van der Waals surface area contributed by atoms with Crippen LogP contribution in [0.4, 0.5) is 4.39 Å². The maximum atomic E-state index is 13.3. The molecule has 0 radical (unpaired) electrons. The van der Waals surface area contributed by atoms with E-state index >= 15 is 0 Å². The van der Waals surface area contributed by atoms with Gasteiger partial charge in [0.1, 0.15) is 17.8 Å². The van der Waals surface area contributed by atoms with Crippen LogP contribution in [0, 0.1) is 5.82 Å². The van der Waals surface area contributed by atoms with Crippen LogP contribution in [-0.2, 0) is 9.84 Å². The lowest BCUT2D eigenvalue weighted by atomic mass is 9.99. The molecule has 7 nitrogen and oxygen atoms in total. The summed E-state index contributed by atoms with van der Waals surface area (Å²) < 4.78 is 42.4. The Bertz CT molecular complexity index is 1520. The Morgan fingerprint density at radius 3 is 2.48 bits per heavy atom. The number of H-pyrrole nitrogens is 1. The van der Waals surface area contributed by atoms with E-state index in [0.29, 0.717) is 22.4 Å². The Labute approximate surface area is 176 Å². The number of furan rings is 1. The van der Waals surface area contributed by atoms with E-state index < -0.39 is 9.84 Å². The molecule has 0 saturated heterocycles. The number of benzene rings is 2. The minimum Gasteiger partial charge on any atom is -0.443 e. The highest BCUT2D eigenvalue weighted by Crippen LogP contribution is 2.34. The van der Waals surface area contributed by atoms with Gasteiger partial charge < -0.3 is 4.42 Å². The molecule has 0 amide bonds. The van der Waals surface area contributed by atoms with Crippen LogP contribution < -0.4 is 0 Å². The zero-order chi connectivity index (χ0) is 21.6. The van der Waals surface area contributed by atoms with Crippen LogP contribution in [0.15, 0.2) is 76.6 Å². The fourth-order valence-electron chi connectivity index (χ4n) is 3.41. The summed E-state index contributed by atoms with van der Waals surface area (Å²) in [4.78, 5) is 8.62. The number of nitrogens with one attached hydrogen (secondary N) is 1. The van der Waals surface area contributed by atoms with Gasteiger partial charge in [0.25, 0.3) is 0 Å². The van der Waals surface area contributed by atoms with Crippen LogP contribution in [0.3, 0.4) is 0 Å². The number of nitrogens with zero attached hydrogens (tertiary/aromatic N) is 3. The van der Waals surface area contributed by atoms with Gasteiger partial charge in [0.2, 0.25) is 14.9 Å². The molecule has 0 unspecified atom stereocenters. The van der Waals surface area contributed by atoms with Gasteiger partial charge in [-0.3, -0.25) is 5.10 Å². The van der Waals surface area contributed by atoms with E-state index in [4.69, 9.17) is 4.42 Å². The maximum absolute atomic E-state index is 13.3. The van der Waals surface area contributed by atoms with Crippen molar-refractivity contribution in [2.45, 2.75) is 5.09 Å². The van der Waals surface area contributed by atoms with Crippen LogP contribution >= 0.6 is 0 Å². The molecule has 0 fully saturated rings. The molecular formula is C22H15FN4O3S. The molecule has 1 N–H and O–H groups in total. The standard InChI is InChI=1S/C22H15FN4O3S/c1-31(28,29)20-9-8-19(30-20)22-16-10-14(4-7-18(16)24-12-25-22)17-11-26-27-21(17)13-2-5-15(23)6-3-13/h2-12H,1H3,(H,26,27). The molecule has 0 aliphatic carbocycles. The Kier molecular flexibility index (Phi) is 4.40. The summed E-state index contributed by atoms with van der Waals surface area (Å²) in [5.74, 6) is 0.0140. The van der Waals surface area contributed by atoms with Crippen LogP contribution in [-0.4, -0.2) is 34.8 Å². The first kappa shape index (κ1) is 19.1. The van der Waals surface area contributed by atoms with Gasteiger partial charge in [-0.15, -0.1) is 0 Å². The average Bonchev–Trinajstić information content (AvgIpc) is 3.43. The van der Waals surface area contributed by atoms with Crippen molar-refractivity contribution >= 4 is 20.7 Å². The van der Waals surface area contributed by atoms with E-state index in [1.807, 2.05) is 18.2 Å². The van der Waals surface area contributed by atoms with Crippen LogP contribution in [0.1, 0.15) is 0 Å². The average molecular weight is 434 g/mol. The van der Waals surface area contributed by atoms with E-state index in [1.165, 1.54) is 24.5 Å². The monoisotopic (exact) mass is 434 g/mol. The first-order chi connectivity index (χ1) is 14.9. The molecule has 31 heavy (non-hydrogen) atoms. The normalized spacial score (nSPS) is 11.8. The zero-order valence-electron chi connectivity index (χ0n) is 16.2. The van der Waals surface area contributed by atoms with Crippen molar-refractivity contribution in [3.63, 3.8) is 0 Å². The fourth-order valence-corrected chi connectivity index (χ4v) is 3.97. The summed E-state index contributed by atoms with van der Waals surface area (Å²) in [5.41, 5.74) is 4.36. The second-order valence-electron chi connectivity index (χ2n) is 7.01. The number of halogens is 1. The van der Waals surface area contributed by atoms with Gasteiger partial charge in [0.05, 0.1) is 17.4 Å². The molecular weight excluding hydrogens is 419 g/mol. The largest absolute Gasteiger partial charge is 0.443 e. The predicted octanol–water partition coefficient (Wildman–Crippen LogP) is 4.49. The number of hydrogen-bond donors (Lipinski definition) is 1. The maximum Gasteiger partial charge on any atom is 0.218 e. The van der Waals surface area contributed by atoms with Crippen molar-refractivity contribution in [3.8, 4) is 33.8 Å². The molecule has 5 rings (SSSR count). The Hall–Kier alpha value is -3.85.